The Kier molecular flexibility index (Phi) is 2.79. The minimum Gasteiger partial charge on any atom is -0.325 e. The highest BCUT2D eigenvalue weighted by Gasteiger charge is 1.97. The van der Waals surface area contributed by atoms with Gasteiger partial charge in [-0.05, 0) is 12.3 Å². The van der Waals surface area contributed by atoms with Crippen molar-refractivity contribution < 1.29 is 0 Å². The van der Waals surface area contributed by atoms with Gasteiger partial charge in [-0.3, -0.25) is 4.98 Å². The van der Waals surface area contributed by atoms with E-state index in [1.807, 2.05) is 43.6 Å². The van der Waals surface area contributed by atoms with Crippen molar-refractivity contribution in [3.8, 4) is 0 Å². The Hall–Kier alpha value is -1.67. The van der Waals surface area contributed by atoms with E-state index in [1.54, 1.807) is 0 Å². The first-order valence-corrected chi connectivity index (χ1v) is 5.04. The molecule has 0 saturated heterocycles. The average Bonchev–Trinajstić information content (AvgIpc) is 2.26. The molecule has 0 spiro atoms. The van der Waals surface area contributed by atoms with E-state index in [-0.39, 0.29) is 6.04 Å². The number of nitrogens with zero attached hydrogens (tertiary/aromatic N) is 1. The van der Waals surface area contributed by atoms with Crippen molar-refractivity contribution in [1.29, 1.82) is 0 Å². The molecule has 0 radical (unpaired) electrons. The summed E-state index contributed by atoms with van der Waals surface area (Å²) in [6.45, 7) is 1.95. The highest BCUT2D eigenvalue weighted by Crippen LogP contribution is 2.17. The summed E-state index contributed by atoms with van der Waals surface area (Å²) in [6, 6.07) is 8.28. The summed E-state index contributed by atoms with van der Waals surface area (Å²) in [5.74, 6) is 0. The predicted molar refractivity (Wildman–Crippen MR) is 64.4 cm³/mol. The fourth-order valence-corrected chi connectivity index (χ4v) is 1.53. The van der Waals surface area contributed by atoms with Crippen molar-refractivity contribution in [2.45, 2.75) is 13.0 Å². The van der Waals surface area contributed by atoms with E-state index in [0.29, 0.717) is 0 Å². The van der Waals surface area contributed by atoms with Crippen molar-refractivity contribution in [3.05, 3.63) is 48.3 Å². The summed E-state index contributed by atoms with van der Waals surface area (Å²) < 4.78 is 0. The monoisotopic (exact) mass is 198 g/mol. The Morgan fingerprint density at radius 1 is 1.27 bits per heavy atom. The van der Waals surface area contributed by atoms with Gasteiger partial charge in [0.15, 0.2) is 0 Å². The topological polar surface area (TPSA) is 38.9 Å². The van der Waals surface area contributed by atoms with Crippen LogP contribution in [0.1, 0.15) is 12.5 Å². The molecule has 2 N–H and O–H groups in total. The summed E-state index contributed by atoms with van der Waals surface area (Å²) >= 11 is 0. The lowest BCUT2D eigenvalue weighted by Crippen LogP contribution is -2.09. The Morgan fingerprint density at radius 2 is 2.07 bits per heavy atom. The molecule has 1 atom stereocenters. The molecule has 2 aromatic rings. The fourth-order valence-electron chi connectivity index (χ4n) is 1.53. The van der Waals surface area contributed by atoms with E-state index in [9.17, 15) is 0 Å². The average molecular weight is 198 g/mol. The van der Waals surface area contributed by atoms with E-state index in [1.165, 1.54) is 5.39 Å². The highest BCUT2D eigenvalue weighted by atomic mass is 14.6. The van der Waals surface area contributed by atoms with E-state index in [4.69, 9.17) is 5.73 Å². The van der Waals surface area contributed by atoms with Crippen LogP contribution in [0.4, 0.5) is 0 Å². The quantitative estimate of drug-likeness (QED) is 0.805. The van der Waals surface area contributed by atoms with Crippen molar-refractivity contribution in [3.63, 3.8) is 0 Å². The molecule has 1 heterocycles. The highest BCUT2D eigenvalue weighted by molar-refractivity contribution is 5.89. The lowest BCUT2D eigenvalue weighted by molar-refractivity contribution is 0.931. The van der Waals surface area contributed by atoms with Gasteiger partial charge in [-0.1, -0.05) is 36.4 Å². The van der Waals surface area contributed by atoms with Crippen LogP contribution in [-0.2, 0) is 0 Å². The van der Waals surface area contributed by atoms with Crippen LogP contribution < -0.4 is 5.73 Å². The number of hydrogen-bond donors (Lipinski definition) is 1. The second-order valence-electron chi connectivity index (χ2n) is 3.67. The van der Waals surface area contributed by atoms with Crippen molar-refractivity contribution >= 4 is 16.8 Å². The third-order valence-corrected chi connectivity index (χ3v) is 2.28. The van der Waals surface area contributed by atoms with Crippen LogP contribution in [0.25, 0.3) is 16.8 Å². The first kappa shape index (κ1) is 9.87. The van der Waals surface area contributed by atoms with Gasteiger partial charge in [-0.15, -0.1) is 0 Å². The van der Waals surface area contributed by atoms with Gasteiger partial charge < -0.3 is 5.73 Å². The molecule has 0 aliphatic rings. The number of pyridine rings is 1. The molecular weight excluding hydrogens is 184 g/mol. The fraction of sp³-hybridized carbons (Fsp3) is 0.154. The first-order valence-electron chi connectivity index (χ1n) is 5.04. The van der Waals surface area contributed by atoms with E-state index in [0.717, 1.165) is 10.9 Å². The molecule has 0 bridgehead atoms. The molecule has 2 rings (SSSR count). The van der Waals surface area contributed by atoms with Gasteiger partial charge in [0.05, 0.1) is 0 Å². The van der Waals surface area contributed by atoms with Gasteiger partial charge in [-0.25, -0.2) is 0 Å². The van der Waals surface area contributed by atoms with E-state index in [2.05, 4.69) is 17.1 Å². The number of benzene rings is 1. The second-order valence-corrected chi connectivity index (χ2v) is 3.67. The SMILES string of the molecule is CC(N)/C=C/c1cncc2ccccc12. The maximum absolute atomic E-state index is 5.68. The molecule has 0 saturated carbocycles. The zero-order valence-corrected chi connectivity index (χ0v) is 8.72. The van der Waals surface area contributed by atoms with Crippen molar-refractivity contribution in [1.82, 2.24) is 4.98 Å². The summed E-state index contributed by atoms with van der Waals surface area (Å²) in [4.78, 5) is 4.20. The van der Waals surface area contributed by atoms with Gasteiger partial charge in [0.1, 0.15) is 0 Å². The van der Waals surface area contributed by atoms with Gasteiger partial charge >= 0.3 is 0 Å². The Bertz CT molecular complexity index is 481. The zero-order valence-electron chi connectivity index (χ0n) is 8.72. The molecule has 0 fully saturated rings. The Balaban J connectivity index is 2.51. The van der Waals surface area contributed by atoms with Crippen molar-refractivity contribution in [2.75, 3.05) is 0 Å². The van der Waals surface area contributed by atoms with Crippen LogP contribution in [0.5, 0.6) is 0 Å². The Morgan fingerprint density at radius 3 is 2.87 bits per heavy atom. The molecule has 0 amide bonds. The lowest BCUT2D eigenvalue weighted by Gasteiger charge is -2.01. The minimum absolute atomic E-state index is 0.0731. The third-order valence-electron chi connectivity index (χ3n) is 2.28. The Labute approximate surface area is 89.4 Å². The molecule has 0 aliphatic heterocycles. The van der Waals surface area contributed by atoms with Crippen LogP contribution in [0.15, 0.2) is 42.7 Å². The van der Waals surface area contributed by atoms with Gasteiger partial charge in [0.25, 0.3) is 0 Å². The molecule has 2 nitrogen and oxygen atoms in total. The number of fused-ring (bicyclic) bond motifs is 1. The molecule has 1 unspecified atom stereocenters. The summed E-state index contributed by atoms with van der Waals surface area (Å²) in [6.07, 6.45) is 7.74. The molecule has 2 heteroatoms. The maximum atomic E-state index is 5.68. The summed E-state index contributed by atoms with van der Waals surface area (Å²) in [5.41, 5.74) is 6.79. The molecule has 76 valence electrons. The second kappa shape index (κ2) is 4.24. The first-order chi connectivity index (χ1) is 7.27. The van der Waals surface area contributed by atoms with Crippen LogP contribution in [0.2, 0.25) is 0 Å². The molecule has 0 aliphatic carbocycles. The predicted octanol–water partition coefficient (Wildman–Crippen LogP) is 2.60. The van der Waals surface area contributed by atoms with Crippen molar-refractivity contribution in [2.24, 2.45) is 5.73 Å². The van der Waals surface area contributed by atoms with Crippen LogP contribution >= 0.6 is 0 Å². The van der Waals surface area contributed by atoms with E-state index >= 15 is 0 Å². The minimum atomic E-state index is 0.0731. The molecular formula is C13H14N2. The number of aromatic nitrogens is 1. The normalized spacial score (nSPS) is 13.5. The smallest absolute Gasteiger partial charge is 0.0346 e. The lowest BCUT2D eigenvalue weighted by atomic mass is 10.1. The van der Waals surface area contributed by atoms with Crippen LogP contribution in [0, 0.1) is 0 Å². The third kappa shape index (κ3) is 2.22. The summed E-state index contributed by atoms with van der Waals surface area (Å²) in [7, 11) is 0. The van der Waals surface area contributed by atoms with Gasteiger partial charge in [-0.2, -0.15) is 0 Å². The standard InChI is InChI=1S/C13H14N2/c1-10(14)6-7-12-9-15-8-11-4-2-3-5-13(11)12/h2-10H,14H2,1H3/b7-6+. The van der Waals surface area contributed by atoms with Gasteiger partial charge in [0.2, 0.25) is 0 Å². The van der Waals surface area contributed by atoms with E-state index < -0.39 is 0 Å². The number of nitrogens with two attached hydrogens (primary N) is 1. The zero-order chi connectivity index (χ0) is 10.7. The maximum Gasteiger partial charge on any atom is 0.0346 e. The van der Waals surface area contributed by atoms with Crippen LogP contribution in [-0.4, -0.2) is 11.0 Å². The molecule has 1 aromatic carbocycles. The number of hydrogen-bond acceptors (Lipinski definition) is 2. The number of rotatable bonds is 2. The summed E-state index contributed by atoms with van der Waals surface area (Å²) in [5, 5.41) is 2.37. The molecule has 15 heavy (non-hydrogen) atoms. The van der Waals surface area contributed by atoms with Gasteiger partial charge in [0, 0.05) is 29.4 Å². The largest absolute Gasteiger partial charge is 0.325 e. The van der Waals surface area contributed by atoms with Crippen LogP contribution in [0.3, 0.4) is 0 Å². The molecule has 1 aromatic heterocycles.